The molecule has 19 heavy (non-hydrogen) atoms. The fourth-order valence-electron chi connectivity index (χ4n) is 1.68. The molecule has 2 unspecified atom stereocenters. The monoisotopic (exact) mass is 266 g/mol. The van der Waals surface area contributed by atoms with Crippen LogP contribution in [0.15, 0.2) is 41.9 Å². The van der Waals surface area contributed by atoms with Gasteiger partial charge in [0.1, 0.15) is 12.7 Å². The highest BCUT2D eigenvalue weighted by Crippen LogP contribution is 2.24. The predicted octanol–water partition coefficient (Wildman–Crippen LogP) is 0.251. The molecule has 1 aliphatic heterocycles. The predicted molar refractivity (Wildman–Crippen MR) is 63.9 cm³/mol. The van der Waals surface area contributed by atoms with Crippen LogP contribution in [0.5, 0.6) is 0 Å². The van der Waals surface area contributed by atoms with E-state index >= 15 is 0 Å². The standard InChI is InChI=1S/C13H14O6/c14-6-9(15)11-10(16)12(13(17)19-11)18-7-8-4-2-1-3-5-8/h1-5,9,11,14-16H,6-7H2. The fourth-order valence-corrected chi connectivity index (χ4v) is 1.68. The van der Waals surface area contributed by atoms with Crippen molar-refractivity contribution in [1.82, 2.24) is 0 Å². The lowest BCUT2D eigenvalue weighted by Gasteiger charge is -2.13. The lowest BCUT2D eigenvalue weighted by atomic mass is 10.2. The summed E-state index contributed by atoms with van der Waals surface area (Å²) in [6, 6.07) is 9.09. The van der Waals surface area contributed by atoms with E-state index in [9.17, 15) is 15.0 Å². The van der Waals surface area contributed by atoms with Gasteiger partial charge in [-0.2, -0.15) is 0 Å². The van der Waals surface area contributed by atoms with Gasteiger partial charge in [0.2, 0.25) is 5.76 Å². The van der Waals surface area contributed by atoms with Crippen molar-refractivity contribution in [3.63, 3.8) is 0 Å². The molecule has 6 heteroatoms. The van der Waals surface area contributed by atoms with Gasteiger partial charge in [0.25, 0.3) is 0 Å². The van der Waals surface area contributed by atoms with Crippen LogP contribution >= 0.6 is 0 Å². The number of aliphatic hydroxyl groups excluding tert-OH is 3. The third-order valence-corrected chi connectivity index (χ3v) is 2.68. The molecular formula is C13H14O6. The topological polar surface area (TPSA) is 96.2 Å². The summed E-state index contributed by atoms with van der Waals surface area (Å²) in [6.45, 7) is -0.536. The largest absolute Gasteiger partial charge is 0.505 e. The van der Waals surface area contributed by atoms with Crippen LogP contribution in [0.4, 0.5) is 0 Å². The van der Waals surface area contributed by atoms with E-state index in [-0.39, 0.29) is 12.4 Å². The maximum absolute atomic E-state index is 11.5. The molecule has 2 rings (SSSR count). The van der Waals surface area contributed by atoms with Crippen LogP contribution in [0, 0.1) is 0 Å². The Morgan fingerprint density at radius 1 is 1.32 bits per heavy atom. The van der Waals surface area contributed by atoms with Gasteiger partial charge in [-0.3, -0.25) is 0 Å². The van der Waals surface area contributed by atoms with Crippen molar-refractivity contribution in [2.24, 2.45) is 0 Å². The highest BCUT2D eigenvalue weighted by atomic mass is 16.6. The molecule has 0 bridgehead atoms. The zero-order valence-electron chi connectivity index (χ0n) is 10.0. The summed E-state index contributed by atoms with van der Waals surface area (Å²) in [6.07, 6.45) is -2.65. The van der Waals surface area contributed by atoms with Crippen molar-refractivity contribution in [3.8, 4) is 0 Å². The molecule has 0 amide bonds. The van der Waals surface area contributed by atoms with Gasteiger partial charge in [-0.1, -0.05) is 30.3 Å². The Bertz CT molecular complexity index is 481. The molecule has 1 aliphatic rings. The van der Waals surface area contributed by atoms with E-state index in [2.05, 4.69) is 0 Å². The molecule has 2 atom stereocenters. The second-order valence-electron chi connectivity index (χ2n) is 4.06. The van der Waals surface area contributed by atoms with Gasteiger partial charge in [0.05, 0.1) is 6.61 Å². The zero-order valence-corrected chi connectivity index (χ0v) is 10.0. The third-order valence-electron chi connectivity index (χ3n) is 2.68. The van der Waals surface area contributed by atoms with E-state index < -0.39 is 30.5 Å². The molecule has 0 radical (unpaired) electrons. The Morgan fingerprint density at radius 2 is 2.00 bits per heavy atom. The van der Waals surface area contributed by atoms with Crippen LogP contribution in [0.1, 0.15) is 5.56 Å². The number of carbonyl (C=O) groups excluding carboxylic acids is 1. The summed E-state index contributed by atoms with van der Waals surface area (Å²) in [5.41, 5.74) is 0.821. The van der Waals surface area contributed by atoms with Gasteiger partial charge in [0, 0.05) is 0 Å². The third kappa shape index (κ3) is 2.86. The molecule has 6 nitrogen and oxygen atoms in total. The smallest absolute Gasteiger partial charge is 0.378 e. The maximum Gasteiger partial charge on any atom is 0.378 e. The van der Waals surface area contributed by atoms with Crippen molar-refractivity contribution in [2.45, 2.75) is 18.8 Å². The van der Waals surface area contributed by atoms with E-state index in [4.69, 9.17) is 14.6 Å². The normalized spacial score (nSPS) is 20.3. The average molecular weight is 266 g/mol. The van der Waals surface area contributed by atoms with E-state index in [1.54, 1.807) is 12.1 Å². The molecule has 1 aromatic rings. The first-order valence-electron chi connectivity index (χ1n) is 5.73. The molecule has 0 aliphatic carbocycles. The highest BCUT2D eigenvalue weighted by Gasteiger charge is 2.40. The Labute approximate surface area is 109 Å². The molecular weight excluding hydrogens is 252 g/mol. The first-order chi connectivity index (χ1) is 9.13. The first-order valence-corrected chi connectivity index (χ1v) is 5.73. The zero-order chi connectivity index (χ0) is 13.8. The fraction of sp³-hybridized carbons (Fsp3) is 0.308. The second kappa shape index (κ2) is 5.73. The SMILES string of the molecule is O=C1OC(C(O)CO)C(O)=C1OCc1ccccc1. The van der Waals surface area contributed by atoms with Gasteiger partial charge in [-0.05, 0) is 5.56 Å². The molecule has 1 aromatic carbocycles. The molecule has 0 aromatic heterocycles. The molecule has 0 saturated heterocycles. The molecule has 1 heterocycles. The number of hydrogen-bond acceptors (Lipinski definition) is 6. The summed E-state index contributed by atoms with van der Waals surface area (Å²) in [7, 11) is 0. The summed E-state index contributed by atoms with van der Waals surface area (Å²) in [5.74, 6) is -1.69. The molecule has 0 fully saturated rings. The van der Waals surface area contributed by atoms with Crippen molar-refractivity contribution < 1.29 is 29.6 Å². The van der Waals surface area contributed by atoms with Crippen LogP contribution in [0.3, 0.4) is 0 Å². The van der Waals surface area contributed by atoms with Crippen LogP contribution in [0.25, 0.3) is 0 Å². The summed E-state index contributed by atoms with van der Waals surface area (Å²) in [5, 5.41) is 27.9. The Balaban J connectivity index is 2.06. The number of hydrogen-bond donors (Lipinski definition) is 3. The quantitative estimate of drug-likeness (QED) is 0.661. The number of carbonyl (C=O) groups is 1. The molecule has 0 spiro atoms. The van der Waals surface area contributed by atoms with Gasteiger partial charge < -0.3 is 24.8 Å². The van der Waals surface area contributed by atoms with Crippen molar-refractivity contribution >= 4 is 5.97 Å². The minimum absolute atomic E-state index is 0.0945. The first kappa shape index (κ1) is 13.4. The molecule has 3 N–H and O–H groups in total. The van der Waals surface area contributed by atoms with Gasteiger partial charge in [-0.15, -0.1) is 0 Å². The van der Waals surface area contributed by atoms with E-state index in [0.29, 0.717) is 0 Å². The number of benzene rings is 1. The van der Waals surface area contributed by atoms with Gasteiger partial charge >= 0.3 is 5.97 Å². The highest BCUT2D eigenvalue weighted by molar-refractivity contribution is 5.89. The second-order valence-corrected chi connectivity index (χ2v) is 4.06. The number of cyclic esters (lactones) is 1. The molecule has 0 saturated carbocycles. The minimum Gasteiger partial charge on any atom is -0.505 e. The Kier molecular flexibility index (Phi) is 4.03. The van der Waals surface area contributed by atoms with Gasteiger partial charge in [-0.25, -0.2) is 4.79 Å². The summed E-state index contributed by atoms with van der Waals surface area (Å²) >= 11 is 0. The maximum atomic E-state index is 11.5. The Hall–Kier alpha value is -2.05. The summed E-state index contributed by atoms with van der Waals surface area (Å²) in [4.78, 5) is 11.5. The van der Waals surface area contributed by atoms with Crippen molar-refractivity contribution in [3.05, 3.63) is 47.4 Å². The molecule has 102 valence electrons. The van der Waals surface area contributed by atoms with Crippen molar-refractivity contribution in [1.29, 1.82) is 0 Å². The van der Waals surface area contributed by atoms with Gasteiger partial charge in [0.15, 0.2) is 11.9 Å². The van der Waals surface area contributed by atoms with E-state index in [1.807, 2.05) is 18.2 Å². The van der Waals surface area contributed by atoms with Crippen LogP contribution in [0.2, 0.25) is 0 Å². The lowest BCUT2D eigenvalue weighted by Crippen LogP contribution is -2.31. The van der Waals surface area contributed by atoms with Crippen molar-refractivity contribution in [2.75, 3.05) is 6.61 Å². The summed E-state index contributed by atoms with van der Waals surface area (Å²) < 4.78 is 9.93. The number of aliphatic hydroxyl groups is 3. The number of rotatable bonds is 5. The van der Waals surface area contributed by atoms with Crippen LogP contribution in [-0.4, -0.2) is 40.1 Å². The van der Waals surface area contributed by atoms with E-state index in [1.165, 1.54) is 0 Å². The van der Waals surface area contributed by atoms with Crippen LogP contribution < -0.4 is 0 Å². The number of esters is 1. The average Bonchev–Trinajstić information content (AvgIpc) is 2.72. The minimum atomic E-state index is -1.37. The van der Waals surface area contributed by atoms with E-state index in [0.717, 1.165) is 5.56 Å². The Morgan fingerprint density at radius 3 is 2.63 bits per heavy atom. The van der Waals surface area contributed by atoms with Crippen LogP contribution in [-0.2, 0) is 20.9 Å². The lowest BCUT2D eigenvalue weighted by molar-refractivity contribution is -0.148. The number of ether oxygens (including phenoxy) is 2.